The largest absolute Gasteiger partial charge is 0.326 e. The number of rotatable bonds is 3. The quantitative estimate of drug-likeness (QED) is 0.869. The molecule has 3 nitrogen and oxygen atoms in total. The highest BCUT2D eigenvalue weighted by atomic mass is 35.5. The van der Waals surface area contributed by atoms with E-state index in [4.69, 9.17) is 11.6 Å². The zero-order valence-corrected chi connectivity index (χ0v) is 10.5. The fraction of sp³-hybridized carbons (Fsp3) is 0.462. The fourth-order valence-corrected chi connectivity index (χ4v) is 2.23. The van der Waals surface area contributed by atoms with Gasteiger partial charge in [0.25, 0.3) is 0 Å². The van der Waals surface area contributed by atoms with Crippen molar-refractivity contribution >= 4 is 23.2 Å². The Kier molecular flexibility index (Phi) is 4.40. The van der Waals surface area contributed by atoms with Crippen molar-refractivity contribution in [3.05, 3.63) is 29.3 Å². The van der Waals surface area contributed by atoms with E-state index in [9.17, 15) is 4.79 Å². The lowest BCUT2D eigenvalue weighted by molar-refractivity contribution is -0.117. The molecule has 1 unspecified atom stereocenters. The van der Waals surface area contributed by atoms with E-state index >= 15 is 0 Å². The first-order valence-corrected chi connectivity index (χ1v) is 6.38. The predicted molar refractivity (Wildman–Crippen MR) is 70.3 cm³/mol. The third kappa shape index (κ3) is 4.02. The second-order valence-corrected chi connectivity index (χ2v) is 4.91. The van der Waals surface area contributed by atoms with Gasteiger partial charge < -0.3 is 10.6 Å². The van der Waals surface area contributed by atoms with Crippen molar-refractivity contribution in [2.24, 2.45) is 5.92 Å². The minimum Gasteiger partial charge on any atom is -0.326 e. The van der Waals surface area contributed by atoms with Crippen LogP contribution in [-0.2, 0) is 4.79 Å². The van der Waals surface area contributed by atoms with Gasteiger partial charge in [0.05, 0.1) is 0 Å². The van der Waals surface area contributed by atoms with E-state index in [-0.39, 0.29) is 5.91 Å². The molecule has 4 heteroatoms. The molecular weight excluding hydrogens is 236 g/mol. The highest BCUT2D eigenvalue weighted by molar-refractivity contribution is 6.30. The van der Waals surface area contributed by atoms with E-state index in [0.29, 0.717) is 17.4 Å². The molecule has 2 rings (SSSR count). The molecule has 1 aliphatic heterocycles. The van der Waals surface area contributed by atoms with Crippen molar-refractivity contribution in [3.63, 3.8) is 0 Å². The van der Waals surface area contributed by atoms with Gasteiger partial charge in [-0.25, -0.2) is 0 Å². The molecule has 0 aliphatic carbocycles. The number of piperidine rings is 1. The highest BCUT2D eigenvalue weighted by Crippen LogP contribution is 2.17. The van der Waals surface area contributed by atoms with Crippen molar-refractivity contribution < 1.29 is 4.79 Å². The monoisotopic (exact) mass is 252 g/mol. The van der Waals surface area contributed by atoms with Crippen LogP contribution in [0.2, 0.25) is 5.02 Å². The smallest absolute Gasteiger partial charge is 0.224 e. The van der Waals surface area contributed by atoms with E-state index in [1.807, 2.05) is 12.1 Å². The van der Waals surface area contributed by atoms with Crippen LogP contribution in [0.4, 0.5) is 5.69 Å². The van der Waals surface area contributed by atoms with E-state index in [2.05, 4.69) is 10.6 Å². The Balaban J connectivity index is 1.82. The zero-order chi connectivity index (χ0) is 12.1. The van der Waals surface area contributed by atoms with Gasteiger partial charge in [-0.15, -0.1) is 0 Å². The van der Waals surface area contributed by atoms with Gasteiger partial charge in [-0.3, -0.25) is 4.79 Å². The number of amides is 1. The second kappa shape index (κ2) is 6.03. The standard InChI is InChI=1S/C13H17ClN2O/c14-11-3-5-12(6-4-11)16-13(17)8-10-2-1-7-15-9-10/h3-6,10,15H,1-2,7-9H2,(H,16,17). The summed E-state index contributed by atoms with van der Waals surface area (Å²) in [7, 11) is 0. The number of nitrogens with one attached hydrogen (secondary N) is 2. The van der Waals surface area contributed by atoms with Crippen molar-refractivity contribution in [1.29, 1.82) is 0 Å². The predicted octanol–water partition coefficient (Wildman–Crippen LogP) is 2.67. The number of carbonyl (C=O) groups excluding carboxylic acids is 1. The lowest BCUT2D eigenvalue weighted by Gasteiger charge is -2.22. The Morgan fingerprint density at radius 1 is 1.41 bits per heavy atom. The van der Waals surface area contributed by atoms with Gasteiger partial charge in [-0.05, 0) is 56.1 Å². The Bertz CT molecular complexity index is 372. The van der Waals surface area contributed by atoms with Crippen LogP contribution in [0.1, 0.15) is 19.3 Å². The number of hydrogen-bond donors (Lipinski definition) is 2. The van der Waals surface area contributed by atoms with Crippen molar-refractivity contribution in [2.75, 3.05) is 18.4 Å². The van der Waals surface area contributed by atoms with Gasteiger partial charge in [0.15, 0.2) is 0 Å². The summed E-state index contributed by atoms with van der Waals surface area (Å²) in [6, 6.07) is 7.19. The SMILES string of the molecule is O=C(CC1CCCNC1)Nc1ccc(Cl)cc1. The first kappa shape index (κ1) is 12.4. The molecule has 0 spiro atoms. The maximum atomic E-state index is 11.8. The number of benzene rings is 1. The summed E-state index contributed by atoms with van der Waals surface area (Å²) in [4.78, 5) is 11.8. The lowest BCUT2D eigenvalue weighted by atomic mass is 9.96. The molecule has 1 amide bonds. The van der Waals surface area contributed by atoms with Crippen molar-refractivity contribution in [2.45, 2.75) is 19.3 Å². The van der Waals surface area contributed by atoms with Crippen molar-refractivity contribution in [3.8, 4) is 0 Å². The molecule has 17 heavy (non-hydrogen) atoms. The maximum absolute atomic E-state index is 11.8. The van der Waals surface area contributed by atoms with Gasteiger partial charge in [0, 0.05) is 17.1 Å². The van der Waals surface area contributed by atoms with Crippen LogP contribution in [0.5, 0.6) is 0 Å². The molecule has 1 aliphatic rings. The lowest BCUT2D eigenvalue weighted by Crippen LogP contribution is -2.32. The number of anilines is 1. The molecular formula is C13H17ClN2O. The molecule has 2 N–H and O–H groups in total. The van der Waals surface area contributed by atoms with E-state index in [0.717, 1.165) is 25.2 Å². The summed E-state index contributed by atoms with van der Waals surface area (Å²) < 4.78 is 0. The molecule has 92 valence electrons. The van der Waals surface area contributed by atoms with Crippen LogP contribution >= 0.6 is 11.6 Å². The van der Waals surface area contributed by atoms with Crippen LogP contribution in [0, 0.1) is 5.92 Å². The molecule has 0 radical (unpaired) electrons. The Hall–Kier alpha value is -1.06. The first-order valence-electron chi connectivity index (χ1n) is 6.00. The molecule has 1 atom stereocenters. The molecule has 0 saturated carbocycles. The van der Waals surface area contributed by atoms with Crippen LogP contribution in [0.25, 0.3) is 0 Å². The Morgan fingerprint density at radius 3 is 2.82 bits per heavy atom. The average molecular weight is 253 g/mol. The minimum atomic E-state index is 0.0843. The van der Waals surface area contributed by atoms with Gasteiger partial charge in [0.2, 0.25) is 5.91 Å². The molecule has 1 heterocycles. The van der Waals surface area contributed by atoms with Crippen LogP contribution in [-0.4, -0.2) is 19.0 Å². The summed E-state index contributed by atoms with van der Waals surface area (Å²) in [5, 5.41) is 6.89. The van der Waals surface area contributed by atoms with E-state index in [1.165, 1.54) is 6.42 Å². The molecule has 0 bridgehead atoms. The summed E-state index contributed by atoms with van der Waals surface area (Å²) >= 11 is 5.78. The molecule has 1 fully saturated rings. The number of hydrogen-bond acceptors (Lipinski definition) is 2. The second-order valence-electron chi connectivity index (χ2n) is 4.47. The third-order valence-corrected chi connectivity index (χ3v) is 3.25. The Labute approximate surface area is 107 Å². The van der Waals surface area contributed by atoms with Crippen molar-refractivity contribution in [1.82, 2.24) is 5.32 Å². The van der Waals surface area contributed by atoms with Gasteiger partial charge in [-0.2, -0.15) is 0 Å². The summed E-state index contributed by atoms with van der Waals surface area (Å²) in [5.41, 5.74) is 0.808. The van der Waals surface area contributed by atoms with Gasteiger partial charge >= 0.3 is 0 Å². The topological polar surface area (TPSA) is 41.1 Å². The summed E-state index contributed by atoms with van der Waals surface area (Å²) in [6.45, 7) is 2.03. The molecule has 1 aromatic carbocycles. The van der Waals surface area contributed by atoms with E-state index in [1.54, 1.807) is 12.1 Å². The highest BCUT2D eigenvalue weighted by Gasteiger charge is 2.16. The molecule has 1 aromatic rings. The first-order chi connectivity index (χ1) is 8.24. The normalized spacial score (nSPS) is 19.9. The summed E-state index contributed by atoms with van der Waals surface area (Å²) in [5.74, 6) is 0.553. The zero-order valence-electron chi connectivity index (χ0n) is 9.71. The molecule has 0 aromatic heterocycles. The Morgan fingerprint density at radius 2 is 2.18 bits per heavy atom. The maximum Gasteiger partial charge on any atom is 0.224 e. The van der Waals surface area contributed by atoms with Crippen LogP contribution in [0.3, 0.4) is 0 Å². The van der Waals surface area contributed by atoms with Crippen LogP contribution in [0.15, 0.2) is 24.3 Å². The third-order valence-electron chi connectivity index (χ3n) is 3.00. The van der Waals surface area contributed by atoms with E-state index < -0.39 is 0 Å². The fourth-order valence-electron chi connectivity index (χ4n) is 2.11. The summed E-state index contributed by atoms with van der Waals surface area (Å²) in [6.07, 6.45) is 2.90. The minimum absolute atomic E-state index is 0.0843. The van der Waals surface area contributed by atoms with Gasteiger partial charge in [0.1, 0.15) is 0 Å². The number of halogens is 1. The number of carbonyl (C=O) groups is 1. The van der Waals surface area contributed by atoms with Gasteiger partial charge in [-0.1, -0.05) is 11.6 Å². The molecule has 1 saturated heterocycles. The average Bonchev–Trinajstić information content (AvgIpc) is 2.33. The van der Waals surface area contributed by atoms with Crippen LogP contribution < -0.4 is 10.6 Å².